The third-order valence-corrected chi connectivity index (χ3v) is 4.40. The number of thiazole rings is 1. The second kappa shape index (κ2) is 5.73. The van der Waals surface area contributed by atoms with Crippen LogP contribution in [0.1, 0.15) is 18.5 Å². The maximum Gasteiger partial charge on any atom is 0.241 e. The zero-order valence-corrected chi connectivity index (χ0v) is 12.2. The normalized spacial score (nSPS) is 18.1. The van der Waals surface area contributed by atoms with Crippen LogP contribution in [0.2, 0.25) is 0 Å². The van der Waals surface area contributed by atoms with Gasteiger partial charge in [0.2, 0.25) is 5.91 Å². The van der Waals surface area contributed by atoms with Crippen molar-refractivity contribution in [1.29, 1.82) is 0 Å². The standard InChI is InChI=1S/C15H17N3OS/c1-10-9-20-15(17-10)11-4-6-12(7-5-11)18-14(19)13-3-2-8-16-13/h4-7,9,13,16H,2-3,8H2,1H3,(H,18,19). The number of hydrogen-bond donors (Lipinski definition) is 2. The summed E-state index contributed by atoms with van der Waals surface area (Å²) in [4.78, 5) is 16.4. The first-order valence-electron chi connectivity index (χ1n) is 6.79. The number of carbonyl (C=O) groups is 1. The van der Waals surface area contributed by atoms with Crippen LogP contribution in [0.15, 0.2) is 29.6 Å². The van der Waals surface area contributed by atoms with Crippen molar-refractivity contribution in [3.8, 4) is 10.6 Å². The van der Waals surface area contributed by atoms with Gasteiger partial charge in [0.05, 0.1) is 6.04 Å². The van der Waals surface area contributed by atoms with E-state index in [1.807, 2.05) is 36.6 Å². The maximum absolute atomic E-state index is 12.0. The van der Waals surface area contributed by atoms with Crippen LogP contribution in [0.5, 0.6) is 0 Å². The molecule has 0 spiro atoms. The average Bonchev–Trinajstić information content (AvgIpc) is 3.10. The van der Waals surface area contributed by atoms with Gasteiger partial charge in [0, 0.05) is 22.3 Å². The smallest absolute Gasteiger partial charge is 0.241 e. The molecule has 1 aliphatic heterocycles. The van der Waals surface area contributed by atoms with Crippen molar-refractivity contribution in [3.05, 3.63) is 35.3 Å². The van der Waals surface area contributed by atoms with Crippen LogP contribution in [0.25, 0.3) is 10.6 Å². The lowest BCUT2D eigenvalue weighted by Crippen LogP contribution is -2.35. The van der Waals surface area contributed by atoms with Gasteiger partial charge in [-0.05, 0) is 50.6 Å². The van der Waals surface area contributed by atoms with E-state index >= 15 is 0 Å². The molecule has 4 nitrogen and oxygen atoms in total. The van der Waals surface area contributed by atoms with Crippen molar-refractivity contribution < 1.29 is 4.79 Å². The molecule has 1 aromatic heterocycles. The number of benzene rings is 1. The monoisotopic (exact) mass is 287 g/mol. The van der Waals surface area contributed by atoms with Gasteiger partial charge in [-0.15, -0.1) is 11.3 Å². The Balaban J connectivity index is 1.68. The molecule has 2 heterocycles. The maximum atomic E-state index is 12.0. The van der Waals surface area contributed by atoms with Crippen LogP contribution in [0.3, 0.4) is 0 Å². The minimum Gasteiger partial charge on any atom is -0.325 e. The van der Waals surface area contributed by atoms with Crippen molar-refractivity contribution in [2.45, 2.75) is 25.8 Å². The number of hydrogen-bond acceptors (Lipinski definition) is 4. The van der Waals surface area contributed by atoms with Gasteiger partial charge in [-0.1, -0.05) is 0 Å². The summed E-state index contributed by atoms with van der Waals surface area (Å²) >= 11 is 1.63. The molecule has 0 aliphatic carbocycles. The number of amides is 1. The largest absolute Gasteiger partial charge is 0.325 e. The zero-order valence-electron chi connectivity index (χ0n) is 11.3. The van der Waals surface area contributed by atoms with Crippen LogP contribution in [0, 0.1) is 6.92 Å². The second-order valence-electron chi connectivity index (χ2n) is 5.01. The Bertz CT molecular complexity index is 600. The molecule has 5 heteroatoms. The Kier molecular flexibility index (Phi) is 3.80. The fourth-order valence-electron chi connectivity index (χ4n) is 2.32. The van der Waals surface area contributed by atoms with Gasteiger partial charge in [0.25, 0.3) is 0 Å². The summed E-state index contributed by atoms with van der Waals surface area (Å²) in [5.41, 5.74) is 2.95. The fourth-order valence-corrected chi connectivity index (χ4v) is 3.12. The van der Waals surface area contributed by atoms with E-state index in [0.29, 0.717) is 0 Å². The van der Waals surface area contributed by atoms with Crippen molar-refractivity contribution in [2.24, 2.45) is 0 Å². The zero-order chi connectivity index (χ0) is 13.9. The van der Waals surface area contributed by atoms with Gasteiger partial charge >= 0.3 is 0 Å². The molecule has 0 radical (unpaired) electrons. The van der Waals surface area contributed by atoms with E-state index in [1.54, 1.807) is 11.3 Å². The molecule has 1 aromatic carbocycles. The molecule has 1 saturated heterocycles. The van der Waals surface area contributed by atoms with E-state index in [1.165, 1.54) is 0 Å². The number of nitrogens with one attached hydrogen (secondary N) is 2. The molecule has 2 aromatic rings. The van der Waals surface area contributed by atoms with E-state index in [0.717, 1.165) is 41.3 Å². The third-order valence-electron chi connectivity index (χ3n) is 3.40. The first kappa shape index (κ1) is 13.3. The minimum atomic E-state index is -0.0451. The van der Waals surface area contributed by atoms with E-state index in [4.69, 9.17) is 0 Å². The van der Waals surface area contributed by atoms with Gasteiger partial charge in [-0.3, -0.25) is 4.79 Å². The highest BCUT2D eigenvalue weighted by molar-refractivity contribution is 7.13. The summed E-state index contributed by atoms with van der Waals surface area (Å²) in [5, 5.41) is 9.20. The minimum absolute atomic E-state index is 0.0451. The SMILES string of the molecule is Cc1csc(-c2ccc(NC(=O)C3CCCN3)cc2)n1. The Morgan fingerprint density at radius 1 is 1.40 bits per heavy atom. The van der Waals surface area contributed by atoms with Gasteiger partial charge in [0.1, 0.15) is 5.01 Å². The van der Waals surface area contributed by atoms with E-state index < -0.39 is 0 Å². The molecule has 0 saturated carbocycles. The van der Waals surface area contributed by atoms with Crippen molar-refractivity contribution in [3.63, 3.8) is 0 Å². The van der Waals surface area contributed by atoms with E-state index in [-0.39, 0.29) is 11.9 Å². The molecule has 20 heavy (non-hydrogen) atoms. The predicted octanol–water partition coefficient (Wildman–Crippen LogP) is 2.81. The quantitative estimate of drug-likeness (QED) is 0.912. The van der Waals surface area contributed by atoms with Crippen LogP contribution in [-0.4, -0.2) is 23.5 Å². The van der Waals surface area contributed by atoms with Crippen LogP contribution in [0.4, 0.5) is 5.69 Å². The Morgan fingerprint density at radius 3 is 2.80 bits per heavy atom. The van der Waals surface area contributed by atoms with Gasteiger partial charge < -0.3 is 10.6 Å². The highest BCUT2D eigenvalue weighted by Crippen LogP contribution is 2.25. The number of rotatable bonds is 3. The average molecular weight is 287 g/mol. The van der Waals surface area contributed by atoms with Gasteiger partial charge in [-0.2, -0.15) is 0 Å². The number of anilines is 1. The van der Waals surface area contributed by atoms with Crippen LogP contribution < -0.4 is 10.6 Å². The third kappa shape index (κ3) is 2.89. The second-order valence-corrected chi connectivity index (χ2v) is 5.87. The van der Waals surface area contributed by atoms with E-state index in [9.17, 15) is 4.79 Å². The van der Waals surface area contributed by atoms with Crippen molar-refractivity contribution in [1.82, 2.24) is 10.3 Å². The highest BCUT2D eigenvalue weighted by atomic mass is 32.1. The molecule has 1 amide bonds. The Hall–Kier alpha value is -1.72. The molecular formula is C15H17N3OS. The molecule has 1 unspecified atom stereocenters. The topological polar surface area (TPSA) is 54.0 Å². The van der Waals surface area contributed by atoms with Crippen molar-refractivity contribution in [2.75, 3.05) is 11.9 Å². The van der Waals surface area contributed by atoms with Crippen LogP contribution in [-0.2, 0) is 4.79 Å². The molecule has 104 valence electrons. The molecule has 1 atom stereocenters. The van der Waals surface area contributed by atoms with E-state index in [2.05, 4.69) is 15.6 Å². The summed E-state index contributed by atoms with van der Waals surface area (Å²) < 4.78 is 0. The Labute approximate surface area is 122 Å². The molecule has 0 bridgehead atoms. The predicted molar refractivity (Wildman–Crippen MR) is 81.9 cm³/mol. The molecule has 1 fully saturated rings. The fraction of sp³-hybridized carbons (Fsp3) is 0.333. The summed E-state index contributed by atoms with van der Waals surface area (Å²) in [6, 6.07) is 7.81. The van der Waals surface area contributed by atoms with Gasteiger partial charge in [-0.25, -0.2) is 4.98 Å². The summed E-state index contributed by atoms with van der Waals surface area (Å²) in [5.74, 6) is 0.0559. The molecule has 1 aliphatic rings. The number of nitrogens with zero attached hydrogens (tertiary/aromatic N) is 1. The first-order valence-corrected chi connectivity index (χ1v) is 7.67. The summed E-state index contributed by atoms with van der Waals surface area (Å²) in [6.07, 6.45) is 1.99. The van der Waals surface area contributed by atoms with Crippen molar-refractivity contribution >= 4 is 22.9 Å². The number of aryl methyl sites for hydroxylation is 1. The van der Waals surface area contributed by atoms with Gasteiger partial charge in [0.15, 0.2) is 0 Å². The molecule has 3 rings (SSSR count). The summed E-state index contributed by atoms with van der Waals surface area (Å²) in [7, 11) is 0. The number of carbonyl (C=O) groups excluding carboxylic acids is 1. The first-order chi connectivity index (χ1) is 9.72. The lowest BCUT2D eigenvalue weighted by molar-refractivity contribution is -0.117. The lowest BCUT2D eigenvalue weighted by Gasteiger charge is -2.11. The highest BCUT2D eigenvalue weighted by Gasteiger charge is 2.21. The summed E-state index contributed by atoms with van der Waals surface area (Å²) in [6.45, 7) is 2.92. The lowest BCUT2D eigenvalue weighted by atomic mass is 10.2. The number of aromatic nitrogens is 1. The molecular weight excluding hydrogens is 270 g/mol. The molecule has 2 N–H and O–H groups in total. The van der Waals surface area contributed by atoms with Crippen LogP contribution >= 0.6 is 11.3 Å². The Morgan fingerprint density at radius 2 is 2.20 bits per heavy atom.